The molecule has 0 aliphatic carbocycles. The van der Waals surface area contributed by atoms with Gasteiger partial charge < -0.3 is 20.5 Å². The van der Waals surface area contributed by atoms with Gasteiger partial charge in [0.25, 0.3) is 0 Å². The molecule has 4 heterocycles. The number of carbonyl (C=O) groups excluding carboxylic acids is 2. The molecule has 0 radical (unpaired) electrons. The fraction of sp³-hybridized carbons (Fsp3) is 0.469. The first-order valence-corrected chi connectivity index (χ1v) is 14.9. The molecule has 2 aromatic carbocycles. The molecule has 3 N–H and O–H groups in total. The van der Waals surface area contributed by atoms with Crippen LogP contribution in [0.5, 0.6) is 0 Å². The summed E-state index contributed by atoms with van der Waals surface area (Å²) in [5, 5.41) is 3.08. The number of anilines is 2. The number of hydrogen-bond acceptors (Lipinski definition) is 4. The van der Waals surface area contributed by atoms with Crippen LogP contribution in [0.2, 0.25) is 0 Å². The quantitative estimate of drug-likeness (QED) is 0.417. The van der Waals surface area contributed by atoms with Crippen LogP contribution in [-0.2, 0) is 13.0 Å². The number of nitrogens with one attached hydrogen (secondary N) is 1. The smallest absolute Gasteiger partial charge is 0.326 e. The Kier molecular flexibility index (Phi) is 7.71. The number of rotatable bonds is 7. The number of aryl methyl sites for hydroxylation is 2. The first-order valence-electron chi connectivity index (χ1n) is 14.9. The predicted molar refractivity (Wildman–Crippen MR) is 161 cm³/mol. The summed E-state index contributed by atoms with van der Waals surface area (Å²) in [6, 6.07) is 18.9. The van der Waals surface area contributed by atoms with Gasteiger partial charge >= 0.3 is 12.1 Å². The van der Waals surface area contributed by atoms with Crippen molar-refractivity contribution in [3.8, 4) is 0 Å². The Balaban J connectivity index is 1.10. The summed E-state index contributed by atoms with van der Waals surface area (Å²) < 4.78 is 2.48. The van der Waals surface area contributed by atoms with E-state index in [-0.39, 0.29) is 12.1 Å². The number of carbonyl (C=O) groups is 2. The summed E-state index contributed by atoms with van der Waals surface area (Å²) in [6.45, 7) is 6.96. The van der Waals surface area contributed by atoms with Crippen molar-refractivity contribution in [1.82, 2.24) is 19.4 Å². The zero-order valence-electron chi connectivity index (χ0n) is 24.1. The number of benzene rings is 2. The number of nitrogens with zero attached hydrogens (tertiary/aromatic N) is 5. The fourth-order valence-corrected chi connectivity index (χ4v) is 7.23. The summed E-state index contributed by atoms with van der Waals surface area (Å²) >= 11 is 0. The zero-order valence-corrected chi connectivity index (χ0v) is 24.1. The molecule has 0 saturated carbocycles. The third-order valence-corrected chi connectivity index (χ3v) is 9.18. The summed E-state index contributed by atoms with van der Waals surface area (Å²) in [5.41, 5.74) is 10.7. The van der Waals surface area contributed by atoms with Crippen LogP contribution in [0.25, 0.3) is 0 Å². The molecule has 1 unspecified atom stereocenters. The Morgan fingerprint density at radius 1 is 1.00 bits per heavy atom. The van der Waals surface area contributed by atoms with Gasteiger partial charge in [-0.25, -0.2) is 14.6 Å². The third kappa shape index (κ3) is 5.68. The molecule has 3 aromatic rings. The van der Waals surface area contributed by atoms with Crippen molar-refractivity contribution in [2.75, 3.05) is 29.9 Å². The maximum atomic E-state index is 13.4. The topological polar surface area (TPSA) is 99.7 Å². The Morgan fingerprint density at radius 2 is 1.71 bits per heavy atom. The van der Waals surface area contributed by atoms with Crippen molar-refractivity contribution < 1.29 is 9.59 Å². The second kappa shape index (κ2) is 11.6. The lowest BCUT2D eigenvalue weighted by molar-refractivity contribution is 0.104. The van der Waals surface area contributed by atoms with Gasteiger partial charge in [0, 0.05) is 61.2 Å². The largest absolute Gasteiger partial charge is 0.351 e. The van der Waals surface area contributed by atoms with Crippen LogP contribution in [0.3, 0.4) is 0 Å². The van der Waals surface area contributed by atoms with Crippen LogP contribution < -0.4 is 16.0 Å². The van der Waals surface area contributed by atoms with E-state index >= 15 is 0 Å². The predicted octanol–water partition coefficient (Wildman–Crippen LogP) is 5.23. The van der Waals surface area contributed by atoms with Gasteiger partial charge in [-0.05, 0) is 70.2 Å². The number of imidazole rings is 1. The van der Waals surface area contributed by atoms with E-state index in [4.69, 9.17) is 10.7 Å². The molecule has 1 aromatic heterocycles. The summed E-state index contributed by atoms with van der Waals surface area (Å²) in [6.07, 6.45) is 6.42. The minimum absolute atomic E-state index is 0.100. The van der Waals surface area contributed by atoms with Crippen molar-refractivity contribution in [3.05, 3.63) is 77.4 Å². The van der Waals surface area contributed by atoms with Gasteiger partial charge in [-0.2, -0.15) is 0 Å². The van der Waals surface area contributed by atoms with Crippen molar-refractivity contribution in [3.63, 3.8) is 0 Å². The molecule has 9 nitrogen and oxygen atoms in total. The van der Waals surface area contributed by atoms with Gasteiger partial charge in [-0.3, -0.25) is 9.80 Å². The molecule has 216 valence electrons. The third-order valence-electron chi connectivity index (χ3n) is 9.18. The lowest BCUT2D eigenvalue weighted by Gasteiger charge is -2.41. The van der Waals surface area contributed by atoms with E-state index in [1.165, 1.54) is 24.1 Å². The number of nitrogens with two attached hydrogens (primary N) is 1. The number of primary amides is 1. The fourth-order valence-electron chi connectivity index (χ4n) is 7.23. The van der Waals surface area contributed by atoms with Gasteiger partial charge in [0.2, 0.25) is 0 Å². The number of fused-ring (bicyclic) bond motifs is 3. The van der Waals surface area contributed by atoms with E-state index in [2.05, 4.69) is 21.7 Å². The number of para-hydroxylation sites is 1. The Bertz CT molecular complexity index is 1370. The molecule has 0 spiro atoms. The van der Waals surface area contributed by atoms with Crippen LogP contribution in [0, 0.1) is 13.8 Å². The SMILES string of the molecule is Cc1ccc(NC(=O)N(CCCN2[C@@H]3CC[C@H]2CC(n2c(C)nc4c2CCN(C(N)=O)C4)C3)c2ccccc2)cc1. The molecule has 3 aliphatic rings. The molecular formula is C32H41N7O2. The number of amides is 4. The maximum Gasteiger partial charge on any atom is 0.326 e. The average Bonchev–Trinajstić information content (AvgIpc) is 3.42. The number of hydrogen-bond donors (Lipinski definition) is 2. The highest BCUT2D eigenvalue weighted by Gasteiger charge is 2.42. The molecular weight excluding hydrogens is 514 g/mol. The summed E-state index contributed by atoms with van der Waals surface area (Å²) in [4.78, 5) is 36.2. The molecule has 3 aliphatic heterocycles. The lowest BCUT2D eigenvalue weighted by Crippen LogP contribution is -2.45. The number of aromatic nitrogens is 2. The Hall–Kier alpha value is -3.85. The molecule has 6 rings (SSSR count). The van der Waals surface area contributed by atoms with Gasteiger partial charge in [0.1, 0.15) is 5.82 Å². The number of piperidine rings is 1. The van der Waals surface area contributed by atoms with Crippen LogP contribution in [0.4, 0.5) is 21.0 Å². The second-order valence-corrected chi connectivity index (χ2v) is 11.8. The lowest BCUT2D eigenvalue weighted by atomic mass is 9.95. The first-order chi connectivity index (χ1) is 19.9. The van der Waals surface area contributed by atoms with E-state index in [0.717, 1.165) is 55.1 Å². The monoisotopic (exact) mass is 555 g/mol. The molecule has 3 atom stereocenters. The highest BCUT2D eigenvalue weighted by molar-refractivity contribution is 6.01. The van der Waals surface area contributed by atoms with Crippen molar-refractivity contribution in [2.24, 2.45) is 5.73 Å². The van der Waals surface area contributed by atoms with E-state index in [1.54, 1.807) is 4.90 Å². The van der Waals surface area contributed by atoms with Crippen molar-refractivity contribution in [2.45, 2.75) is 77.0 Å². The van der Waals surface area contributed by atoms with E-state index in [9.17, 15) is 9.59 Å². The van der Waals surface area contributed by atoms with Gasteiger partial charge in [-0.1, -0.05) is 35.9 Å². The number of urea groups is 2. The van der Waals surface area contributed by atoms with Crippen molar-refractivity contribution >= 4 is 23.4 Å². The Labute approximate surface area is 242 Å². The van der Waals surface area contributed by atoms with Crippen LogP contribution in [0.1, 0.15) is 60.9 Å². The van der Waals surface area contributed by atoms with E-state index < -0.39 is 0 Å². The van der Waals surface area contributed by atoms with E-state index in [0.29, 0.717) is 37.8 Å². The van der Waals surface area contributed by atoms with Crippen LogP contribution >= 0.6 is 0 Å². The average molecular weight is 556 g/mol. The van der Waals surface area contributed by atoms with E-state index in [1.807, 2.05) is 66.4 Å². The second-order valence-electron chi connectivity index (χ2n) is 11.8. The molecule has 4 amide bonds. The van der Waals surface area contributed by atoms with Crippen LogP contribution in [-0.4, -0.2) is 63.1 Å². The normalized spacial score (nSPS) is 21.9. The zero-order chi connectivity index (χ0) is 28.5. The summed E-state index contributed by atoms with van der Waals surface area (Å²) in [5.74, 6) is 1.05. The van der Waals surface area contributed by atoms with Gasteiger partial charge in [0.05, 0.1) is 12.2 Å². The molecule has 2 bridgehead atoms. The van der Waals surface area contributed by atoms with Crippen LogP contribution in [0.15, 0.2) is 54.6 Å². The molecule has 2 fully saturated rings. The highest BCUT2D eigenvalue weighted by Crippen LogP contribution is 2.42. The molecule has 9 heteroatoms. The first kappa shape index (κ1) is 27.3. The van der Waals surface area contributed by atoms with Crippen molar-refractivity contribution in [1.29, 1.82) is 0 Å². The standard InChI is InChI=1S/C32H41N7O2/c1-22-9-11-24(12-10-22)35-32(41)38(25-7-4-3-5-8-25)17-6-16-37-26-13-14-27(37)20-28(19-26)39-23(2)34-29-21-36(31(33)40)18-15-30(29)39/h3-5,7-12,26-28H,6,13-21H2,1-2H3,(H2,33,40)(H,35,41)/t26-,27+,28?. The minimum Gasteiger partial charge on any atom is -0.351 e. The highest BCUT2D eigenvalue weighted by atomic mass is 16.2. The maximum absolute atomic E-state index is 13.4. The summed E-state index contributed by atoms with van der Waals surface area (Å²) in [7, 11) is 0. The molecule has 41 heavy (non-hydrogen) atoms. The molecule has 2 saturated heterocycles. The minimum atomic E-state index is -0.368. The van der Waals surface area contributed by atoms with Gasteiger partial charge in [0.15, 0.2) is 0 Å². The van der Waals surface area contributed by atoms with Gasteiger partial charge in [-0.15, -0.1) is 0 Å². The Morgan fingerprint density at radius 3 is 2.39 bits per heavy atom.